The minimum Gasteiger partial charge on any atom is -0.351 e. The average molecular weight is 277 g/mol. The van der Waals surface area contributed by atoms with Crippen molar-refractivity contribution in [1.82, 2.24) is 14.9 Å². The molecular formula is C13H15N3O2S. The van der Waals surface area contributed by atoms with E-state index in [1.54, 1.807) is 22.2 Å². The van der Waals surface area contributed by atoms with Crippen molar-refractivity contribution in [2.45, 2.75) is 19.9 Å². The van der Waals surface area contributed by atoms with Crippen molar-refractivity contribution >= 4 is 17.2 Å². The van der Waals surface area contributed by atoms with Crippen molar-refractivity contribution in [3.05, 3.63) is 50.8 Å². The van der Waals surface area contributed by atoms with Crippen molar-refractivity contribution in [3.63, 3.8) is 0 Å². The molecule has 0 aliphatic heterocycles. The third-order valence-corrected chi connectivity index (χ3v) is 3.39. The van der Waals surface area contributed by atoms with Crippen LogP contribution in [0.4, 0.5) is 0 Å². The van der Waals surface area contributed by atoms with Crippen LogP contribution in [0.2, 0.25) is 0 Å². The fourth-order valence-corrected chi connectivity index (χ4v) is 2.25. The van der Waals surface area contributed by atoms with Crippen LogP contribution < -0.4 is 10.9 Å². The summed E-state index contributed by atoms with van der Waals surface area (Å²) in [4.78, 5) is 27.3. The zero-order valence-corrected chi connectivity index (χ0v) is 11.4. The Morgan fingerprint density at radius 1 is 1.47 bits per heavy atom. The molecule has 5 nitrogen and oxygen atoms in total. The molecule has 6 heteroatoms. The molecule has 2 rings (SSSR count). The van der Waals surface area contributed by atoms with Crippen LogP contribution in [0.1, 0.15) is 21.9 Å². The maximum Gasteiger partial charge on any atom is 0.270 e. The fraction of sp³-hybridized carbons (Fsp3) is 0.308. The van der Waals surface area contributed by atoms with Crippen molar-refractivity contribution in [3.8, 4) is 0 Å². The summed E-state index contributed by atoms with van der Waals surface area (Å²) < 4.78 is 1.62. The molecule has 0 aliphatic carbocycles. The van der Waals surface area contributed by atoms with Crippen LogP contribution in [-0.4, -0.2) is 22.0 Å². The highest BCUT2D eigenvalue weighted by molar-refractivity contribution is 7.09. The molecule has 0 spiro atoms. The topological polar surface area (TPSA) is 64.0 Å². The molecule has 1 N–H and O–H groups in total. The molecule has 0 fully saturated rings. The van der Waals surface area contributed by atoms with Gasteiger partial charge in [-0.1, -0.05) is 6.07 Å². The summed E-state index contributed by atoms with van der Waals surface area (Å²) in [5.41, 5.74) is 0.434. The van der Waals surface area contributed by atoms with Gasteiger partial charge >= 0.3 is 0 Å². The first kappa shape index (κ1) is 13.5. The Balaban J connectivity index is 1.77. The Kier molecular flexibility index (Phi) is 4.46. The molecule has 0 saturated heterocycles. The maximum absolute atomic E-state index is 11.7. The minimum atomic E-state index is -0.162. The highest BCUT2D eigenvalue weighted by atomic mass is 32.1. The quantitative estimate of drug-likeness (QED) is 0.841. The molecule has 0 saturated carbocycles. The summed E-state index contributed by atoms with van der Waals surface area (Å²) in [5, 5.41) is 5.41. The van der Waals surface area contributed by atoms with Crippen LogP contribution in [-0.2, 0) is 6.54 Å². The predicted octanol–water partition coefficient (Wildman–Crippen LogP) is 1.43. The third kappa shape index (κ3) is 3.75. The van der Waals surface area contributed by atoms with E-state index in [-0.39, 0.29) is 11.5 Å². The van der Waals surface area contributed by atoms with Crippen LogP contribution >= 0.6 is 11.3 Å². The van der Waals surface area contributed by atoms with E-state index in [0.29, 0.717) is 25.2 Å². The molecule has 0 aliphatic rings. The number of carbonyl (C=O) groups excluding carboxylic acids is 1. The predicted molar refractivity (Wildman–Crippen MR) is 74.5 cm³/mol. The number of hydrogen-bond donors (Lipinski definition) is 1. The summed E-state index contributed by atoms with van der Waals surface area (Å²) in [6.45, 7) is 2.98. The van der Waals surface area contributed by atoms with Gasteiger partial charge in [0.05, 0.1) is 5.01 Å². The van der Waals surface area contributed by atoms with E-state index in [1.165, 1.54) is 17.4 Å². The molecule has 0 radical (unpaired) electrons. The van der Waals surface area contributed by atoms with E-state index in [0.717, 1.165) is 5.01 Å². The lowest BCUT2D eigenvalue weighted by atomic mass is 10.3. The number of aryl methyl sites for hydroxylation is 2. The number of amides is 1. The molecule has 1 amide bonds. The van der Waals surface area contributed by atoms with E-state index in [2.05, 4.69) is 10.3 Å². The van der Waals surface area contributed by atoms with Gasteiger partial charge in [-0.3, -0.25) is 9.59 Å². The Morgan fingerprint density at radius 2 is 2.32 bits per heavy atom. The van der Waals surface area contributed by atoms with Gasteiger partial charge in [0.25, 0.3) is 5.91 Å². The number of nitrogens with one attached hydrogen (secondary N) is 1. The number of hydrogen-bond acceptors (Lipinski definition) is 4. The van der Waals surface area contributed by atoms with Gasteiger partial charge < -0.3 is 9.88 Å². The standard InChI is InChI=1S/C13H15N3O2S/c1-10-15-11(9-19-10)13(18)14-6-4-8-16-7-3-2-5-12(16)17/h2-3,5,7,9H,4,6,8H2,1H3,(H,14,18). The van der Waals surface area contributed by atoms with E-state index in [1.807, 2.05) is 13.0 Å². The number of carbonyl (C=O) groups is 1. The normalized spacial score (nSPS) is 10.4. The van der Waals surface area contributed by atoms with Gasteiger partial charge in [0.2, 0.25) is 5.56 Å². The number of rotatable bonds is 5. The van der Waals surface area contributed by atoms with Gasteiger partial charge in [-0.25, -0.2) is 4.98 Å². The summed E-state index contributed by atoms with van der Waals surface area (Å²) in [7, 11) is 0. The lowest BCUT2D eigenvalue weighted by Gasteiger charge is -2.05. The van der Waals surface area contributed by atoms with Crippen LogP contribution in [0.15, 0.2) is 34.6 Å². The molecule has 2 heterocycles. The van der Waals surface area contributed by atoms with Crippen molar-refractivity contribution in [2.24, 2.45) is 0 Å². The first-order valence-corrected chi connectivity index (χ1v) is 6.90. The molecule has 2 aromatic heterocycles. The summed E-state index contributed by atoms with van der Waals surface area (Å²) >= 11 is 1.45. The number of thiazole rings is 1. The maximum atomic E-state index is 11.7. The van der Waals surface area contributed by atoms with E-state index in [9.17, 15) is 9.59 Å². The monoisotopic (exact) mass is 277 g/mol. The first-order valence-electron chi connectivity index (χ1n) is 6.02. The zero-order chi connectivity index (χ0) is 13.7. The molecule has 0 unspecified atom stereocenters. The summed E-state index contributed by atoms with van der Waals surface area (Å²) in [5.74, 6) is -0.162. The first-order chi connectivity index (χ1) is 9.16. The van der Waals surface area contributed by atoms with Crippen molar-refractivity contribution in [1.29, 1.82) is 0 Å². The molecule has 0 aromatic carbocycles. The second kappa shape index (κ2) is 6.29. The third-order valence-electron chi connectivity index (χ3n) is 2.61. The van der Waals surface area contributed by atoms with Gasteiger partial charge in [0.15, 0.2) is 0 Å². The van der Waals surface area contributed by atoms with Crippen LogP contribution in [0.5, 0.6) is 0 Å². The van der Waals surface area contributed by atoms with E-state index in [4.69, 9.17) is 0 Å². The lowest BCUT2D eigenvalue weighted by molar-refractivity contribution is 0.0948. The molecule has 0 bridgehead atoms. The number of pyridine rings is 1. The van der Waals surface area contributed by atoms with Crippen LogP contribution in [0, 0.1) is 6.92 Å². The highest BCUT2D eigenvalue weighted by Gasteiger charge is 2.07. The van der Waals surface area contributed by atoms with Crippen LogP contribution in [0.3, 0.4) is 0 Å². The average Bonchev–Trinajstić information content (AvgIpc) is 2.83. The fourth-order valence-electron chi connectivity index (χ4n) is 1.65. The van der Waals surface area contributed by atoms with E-state index >= 15 is 0 Å². The van der Waals surface area contributed by atoms with Gasteiger partial charge in [-0.05, 0) is 19.4 Å². The molecule has 100 valence electrons. The van der Waals surface area contributed by atoms with Gasteiger partial charge in [0.1, 0.15) is 5.69 Å². The van der Waals surface area contributed by atoms with Crippen molar-refractivity contribution < 1.29 is 4.79 Å². The Hall–Kier alpha value is -1.95. The van der Waals surface area contributed by atoms with Crippen molar-refractivity contribution in [2.75, 3.05) is 6.54 Å². The number of nitrogens with zero attached hydrogens (tertiary/aromatic N) is 2. The van der Waals surface area contributed by atoms with Gasteiger partial charge in [-0.15, -0.1) is 11.3 Å². The molecule has 19 heavy (non-hydrogen) atoms. The van der Waals surface area contributed by atoms with Crippen LogP contribution in [0.25, 0.3) is 0 Å². The minimum absolute atomic E-state index is 0.0241. The zero-order valence-electron chi connectivity index (χ0n) is 10.6. The lowest BCUT2D eigenvalue weighted by Crippen LogP contribution is -2.27. The molecule has 2 aromatic rings. The van der Waals surface area contributed by atoms with Gasteiger partial charge in [0, 0.05) is 30.7 Å². The highest BCUT2D eigenvalue weighted by Crippen LogP contribution is 2.07. The SMILES string of the molecule is Cc1nc(C(=O)NCCCn2ccccc2=O)cs1. The summed E-state index contributed by atoms with van der Waals surface area (Å²) in [6.07, 6.45) is 2.45. The molecule has 0 atom stereocenters. The molecular weight excluding hydrogens is 262 g/mol. The Bertz CT molecular complexity index is 618. The second-order valence-electron chi connectivity index (χ2n) is 4.09. The Labute approximate surface area is 114 Å². The van der Waals surface area contributed by atoms with E-state index < -0.39 is 0 Å². The number of aromatic nitrogens is 2. The smallest absolute Gasteiger partial charge is 0.270 e. The summed E-state index contributed by atoms with van der Waals surface area (Å²) in [6, 6.07) is 5.06. The Morgan fingerprint density at radius 3 is 3.00 bits per heavy atom. The van der Waals surface area contributed by atoms with Gasteiger partial charge in [-0.2, -0.15) is 0 Å². The largest absolute Gasteiger partial charge is 0.351 e. The second-order valence-corrected chi connectivity index (χ2v) is 5.16.